The molecule has 0 aromatic heterocycles. The summed E-state index contributed by atoms with van der Waals surface area (Å²) < 4.78 is 18.7. The molecule has 5 nitrogen and oxygen atoms in total. The normalized spacial score (nSPS) is 21.0. The Kier molecular flexibility index (Phi) is 5.14. The van der Waals surface area contributed by atoms with Crippen molar-refractivity contribution >= 4 is 12.0 Å². The highest BCUT2D eigenvalue weighted by atomic mass is 19.1. The van der Waals surface area contributed by atoms with Gasteiger partial charge in [-0.1, -0.05) is 32.1 Å². The minimum atomic E-state index is -0.795. The van der Waals surface area contributed by atoms with E-state index >= 15 is 0 Å². The molecular weight excluding hydrogens is 287 g/mol. The number of hydrogen-bond donors (Lipinski definition) is 2. The van der Waals surface area contributed by atoms with Gasteiger partial charge in [-0.15, -0.1) is 0 Å². The number of benzene rings is 1. The summed E-state index contributed by atoms with van der Waals surface area (Å²) in [7, 11) is 0. The number of carbonyl (C=O) groups is 2. The van der Waals surface area contributed by atoms with Crippen LogP contribution in [0.25, 0.3) is 0 Å². The van der Waals surface area contributed by atoms with Crippen LogP contribution in [0.2, 0.25) is 0 Å². The summed E-state index contributed by atoms with van der Waals surface area (Å²) in [6.07, 6.45) is 1.66. The maximum Gasteiger partial charge on any atom is 0.319 e. The third-order valence-electron chi connectivity index (χ3n) is 3.47. The highest BCUT2D eigenvalue weighted by molar-refractivity contribution is 5.85. The fourth-order valence-electron chi connectivity index (χ4n) is 2.35. The van der Waals surface area contributed by atoms with Gasteiger partial charge in [-0.05, 0) is 24.1 Å². The summed E-state index contributed by atoms with van der Waals surface area (Å²) in [4.78, 5) is 23.9. The number of amides is 2. The molecule has 6 heteroatoms. The largest absolute Gasteiger partial charge is 0.465 e. The van der Waals surface area contributed by atoms with Crippen LogP contribution < -0.4 is 10.6 Å². The lowest BCUT2D eigenvalue weighted by molar-refractivity contribution is -0.148. The third-order valence-corrected chi connectivity index (χ3v) is 3.47. The van der Waals surface area contributed by atoms with Crippen LogP contribution in [-0.4, -0.2) is 18.6 Å². The van der Waals surface area contributed by atoms with E-state index in [0.29, 0.717) is 12.2 Å². The van der Waals surface area contributed by atoms with E-state index in [1.165, 1.54) is 18.2 Å². The second-order valence-electron chi connectivity index (χ2n) is 5.16. The zero-order valence-electron chi connectivity index (χ0n) is 12.4. The van der Waals surface area contributed by atoms with E-state index in [2.05, 4.69) is 17.2 Å². The summed E-state index contributed by atoms with van der Waals surface area (Å²) in [6.45, 7) is 6.03. The molecule has 2 amide bonds. The van der Waals surface area contributed by atoms with Gasteiger partial charge in [-0.3, -0.25) is 4.79 Å². The molecule has 0 spiro atoms. The molecule has 0 radical (unpaired) electrons. The van der Waals surface area contributed by atoms with Crippen molar-refractivity contribution in [2.45, 2.75) is 25.8 Å². The second-order valence-corrected chi connectivity index (χ2v) is 5.16. The van der Waals surface area contributed by atoms with Crippen LogP contribution in [0, 0.1) is 11.7 Å². The lowest BCUT2D eigenvalue weighted by Gasteiger charge is -2.33. The van der Waals surface area contributed by atoms with E-state index in [0.717, 1.165) is 12.8 Å². The zero-order valence-corrected chi connectivity index (χ0v) is 12.4. The van der Waals surface area contributed by atoms with Crippen molar-refractivity contribution in [1.82, 2.24) is 10.6 Å². The van der Waals surface area contributed by atoms with Gasteiger partial charge in [0.25, 0.3) is 0 Å². The number of carbonyl (C=O) groups excluding carboxylic acids is 2. The SMILES string of the molecule is C=C1NC(=O)N[C@H](c2cccc(F)c2)[C@H]1C(=O)OCCCC. The number of nitrogens with one attached hydrogen (secondary N) is 2. The summed E-state index contributed by atoms with van der Waals surface area (Å²) in [6, 6.07) is 4.59. The Morgan fingerprint density at radius 2 is 2.23 bits per heavy atom. The van der Waals surface area contributed by atoms with Gasteiger partial charge in [0.2, 0.25) is 0 Å². The van der Waals surface area contributed by atoms with Crippen LogP contribution in [0.5, 0.6) is 0 Å². The molecule has 1 fully saturated rings. The number of esters is 1. The Labute approximate surface area is 128 Å². The van der Waals surface area contributed by atoms with Gasteiger partial charge >= 0.3 is 12.0 Å². The quantitative estimate of drug-likeness (QED) is 0.649. The second kappa shape index (κ2) is 7.06. The smallest absolute Gasteiger partial charge is 0.319 e. The van der Waals surface area contributed by atoms with E-state index in [-0.39, 0.29) is 5.70 Å². The first-order chi connectivity index (χ1) is 10.5. The summed E-state index contributed by atoms with van der Waals surface area (Å²) >= 11 is 0. The molecule has 0 aliphatic carbocycles. The number of urea groups is 1. The molecule has 2 atom stereocenters. The first-order valence-electron chi connectivity index (χ1n) is 7.21. The number of unbranched alkanes of at least 4 members (excludes halogenated alkanes) is 1. The van der Waals surface area contributed by atoms with E-state index < -0.39 is 29.8 Å². The van der Waals surface area contributed by atoms with E-state index in [1.807, 2.05) is 6.92 Å². The van der Waals surface area contributed by atoms with Crippen molar-refractivity contribution in [3.63, 3.8) is 0 Å². The van der Waals surface area contributed by atoms with Crippen LogP contribution in [-0.2, 0) is 9.53 Å². The molecule has 1 aliphatic heterocycles. The minimum Gasteiger partial charge on any atom is -0.465 e. The Morgan fingerprint density at radius 1 is 1.45 bits per heavy atom. The van der Waals surface area contributed by atoms with Crippen LogP contribution in [0.4, 0.5) is 9.18 Å². The maximum atomic E-state index is 13.4. The Hall–Kier alpha value is -2.37. The van der Waals surface area contributed by atoms with Crippen molar-refractivity contribution in [3.05, 3.63) is 47.9 Å². The average molecular weight is 306 g/mol. The predicted molar refractivity (Wildman–Crippen MR) is 79.3 cm³/mol. The van der Waals surface area contributed by atoms with E-state index in [1.54, 1.807) is 6.07 Å². The standard InChI is InChI=1S/C16H19FN2O3/c1-3-4-8-22-15(20)13-10(2)18-16(21)19-14(13)11-6-5-7-12(17)9-11/h5-7,9,13-14H,2-4,8H2,1H3,(H2,18,19,21)/t13-,14+/m0/s1. The molecule has 1 saturated heterocycles. The summed E-state index contributed by atoms with van der Waals surface area (Å²) in [5, 5.41) is 5.11. The Bertz CT molecular complexity index is 589. The molecule has 1 heterocycles. The molecule has 0 saturated carbocycles. The van der Waals surface area contributed by atoms with Crippen molar-refractivity contribution in [2.75, 3.05) is 6.61 Å². The van der Waals surface area contributed by atoms with Gasteiger partial charge in [0.15, 0.2) is 0 Å². The fourth-order valence-corrected chi connectivity index (χ4v) is 2.35. The first-order valence-corrected chi connectivity index (χ1v) is 7.21. The van der Waals surface area contributed by atoms with Crippen LogP contribution in [0.1, 0.15) is 31.4 Å². The van der Waals surface area contributed by atoms with Gasteiger partial charge in [0.1, 0.15) is 11.7 Å². The number of hydrogen-bond acceptors (Lipinski definition) is 3. The molecule has 118 valence electrons. The van der Waals surface area contributed by atoms with Gasteiger partial charge in [0, 0.05) is 5.70 Å². The van der Waals surface area contributed by atoms with Crippen molar-refractivity contribution in [3.8, 4) is 0 Å². The molecular formula is C16H19FN2O3. The molecule has 22 heavy (non-hydrogen) atoms. The molecule has 2 rings (SSSR count). The van der Waals surface area contributed by atoms with Crippen molar-refractivity contribution in [1.29, 1.82) is 0 Å². The highest BCUT2D eigenvalue weighted by Crippen LogP contribution is 2.30. The number of rotatable bonds is 5. The molecule has 1 aromatic carbocycles. The van der Waals surface area contributed by atoms with Gasteiger partial charge in [-0.2, -0.15) is 0 Å². The fraction of sp³-hybridized carbons (Fsp3) is 0.375. The predicted octanol–water partition coefficient (Wildman–Crippen LogP) is 2.65. The van der Waals surface area contributed by atoms with E-state index in [4.69, 9.17) is 4.74 Å². The van der Waals surface area contributed by atoms with Gasteiger partial charge < -0.3 is 15.4 Å². The Balaban J connectivity index is 2.24. The molecule has 2 N–H and O–H groups in total. The maximum absolute atomic E-state index is 13.4. The van der Waals surface area contributed by atoms with Crippen molar-refractivity contribution < 1.29 is 18.7 Å². The molecule has 0 unspecified atom stereocenters. The van der Waals surface area contributed by atoms with Crippen molar-refractivity contribution in [2.24, 2.45) is 5.92 Å². The zero-order chi connectivity index (χ0) is 16.1. The van der Waals surface area contributed by atoms with Gasteiger partial charge in [-0.25, -0.2) is 9.18 Å². The molecule has 1 aromatic rings. The lowest BCUT2D eigenvalue weighted by Crippen LogP contribution is -2.51. The van der Waals surface area contributed by atoms with E-state index in [9.17, 15) is 14.0 Å². The topological polar surface area (TPSA) is 67.4 Å². The summed E-state index contributed by atoms with van der Waals surface area (Å²) in [5.74, 6) is -1.72. The number of halogens is 1. The third kappa shape index (κ3) is 3.63. The summed E-state index contributed by atoms with van der Waals surface area (Å²) in [5.41, 5.74) is 0.743. The average Bonchev–Trinajstić information content (AvgIpc) is 2.46. The van der Waals surface area contributed by atoms with Crippen LogP contribution in [0.3, 0.4) is 0 Å². The van der Waals surface area contributed by atoms with Gasteiger partial charge in [0.05, 0.1) is 12.6 Å². The molecule has 0 bridgehead atoms. The lowest BCUT2D eigenvalue weighted by atomic mass is 9.89. The van der Waals surface area contributed by atoms with Crippen LogP contribution in [0.15, 0.2) is 36.5 Å². The van der Waals surface area contributed by atoms with Crippen LogP contribution >= 0.6 is 0 Å². The molecule has 1 aliphatic rings. The monoisotopic (exact) mass is 306 g/mol. The first kappa shape index (κ1) is 16.0. The highest BCUT2D eigenvalue weighted by Gasteiger charge is 2.38. The minimum absolute atomic E-state index is 0.250. The Morgan fingerprint density at radius 3 is 2.91 bits per heavy atom. The number of ether oxygens (including phenoxy) is 1.